The molecule has 1 aliphatic rings. The molecule has 1 unspecified atom stereocenters. The third-order valence-corrected chi connectivity index (χ3v) is 4.39. The molecule has 0 radical (unpaired) electrons. The Morgan fingerprint density at radius 2 is 1.96 bits per heavy atom. The largest absolute Gasteiger partial charge is 0.482 e. The molecule has 6 nitrogen and oxygen atoms in total. The number of hydrogen-bond donors (Lipinski definition) is 2. The summed E-state index contributed by atoms with van der Waals surface area (Å²) in [6.07, 6.45) is 2.63. The summed E-state index contributed by atoms with van der Waals surface area (Å²) in [7, 11) is 0. The molecule has 0 aliphatic carbocycles. The van der Waals surface area contributed by atoms with Gasteiger partial charge in [-0.3, -0.25) is 4.79 Å². The minimum atomic E-state index is -1.000. The Kier molecular flexibility index (Phi) is 7.06. The van der Waals surface area contributed by atoms with Crippen LogP contribution in [0.1, 0.15) is 25.3 Å². The van der Waals surface area contributed by atoms with Gasteiger partial charge in [0.15, 0.2) is 6.61 Å². The highest BCUT2D eigenvalue weighted by Gasteiger charge is 2.25. The molecular formula is C18H25NO5. The number of carboxylic acid groups (broad SMARTS) is 1. The molecule has 24 heavy (non-hydrogen) atoms. The van der Waals surface area contributed by atoms with Crippen molar-refractivity contribution in [1.82, 2.24) is 5.32 Å². The van der Waals surface area contributed by atoms with Gasteiger partial charge < -0.3 is 19.9 Å². The molecule has 0 bridgehead atoms. The van der Waals surface area contributed by atoms with Crippen molar-refractivity contribution in [3.63, 3.8) is 0 Å². The second-order valence-electron chi connectivity index (χ2n) is 6.11. The third-order valence-electron chi connectivity index (χ3n) is 4.39. The molecule has 1 saturated heterocycles. The fraction of sp³-hybridized carbons (Fsp3) is 0.556. The van der Waals surface area contributed by atoms with E-state index >= 15 is 0 Å². The van der Waals surface area contributed by atoms with Gasteiger partial charge in [0.1, 0.15) is 5.75 Å². The van der Waals surface area contributed by atoms with E-state index in [0.717, 1.165) is 38.0 Å². The van der Waals surface area contributed by atoms with Crippen molar-refractivity contribution >= 4 is 11.9 Å². The van der Waals surface area contributed by atoms with E-state index in [9.17, 15) is 9.59 Å². The van der Waals surface area contributed by atoms with Crippen LogP contribution < -0.4 is 10.1 Å². The van der Waals surface area contributed by atoms with E-state index in [0.29, 0.717) is 18.2 Å². The fourth-order valence-electron chi connectivity index (χ4n) is 2.82. The molecule has 1 atom stereocenters. The Morgan fingerprint density at radius 1 is 1.29 bits per heavy atom. The Hall–Kier alpha value is -2.08. The fourth-order valence-corrected chi connectivity index (χ4v) is 2.82. The van der Waals surface area contributed by atoms with Crippen LogP contribution in [0.2, 0.25) is 0 Å². The van der Waals surface area contributed by atoms with Gasteiger partial charge in [-0.2, -0.15) is 0 Å². The van der Waals surface area contributed by atoms with Crippen molar-refractivity contribution in [2.75, 3.05) is 26.4 Å². The molecule has 1 fully saturated rings. The zero-order valence-electron chi connectivity index (χ0n) is 14.0. The molecular weight excluding hydrogens is 310 g/mol. The molecule has 1 aliphatic heterocycles. The Balaban J connectivity index is 1.71. The Bertz CT molecular complexity index is 537. The van der Waals surface area contributed by atoms with Crippen molar-refractivity contribution in [1.29, 1.82) is 0 Å². The van der Waals surface area contributed by atoms with Crippen molar-refractivity contribution in [3.05, 3.63) is 29.8 Å². The number of ether oxygens (including phenoxy) is 2. The number of carbonyl (C=O) groups is 2. The van der Waals surface area contributed by atoms with Crippen molar-refractivity contribution in [2.45, 2.75) is 26.2 Å². The molecule has 2 rings (SSSR count). The highest BCUT2D eigenvalue weighted by atomic mass is 16.5. The van der Waals surface area contributed by atoms with Crippen LogP contribution in [0.5, 0.6) is 5.75 Å². The van der Waals surface area contributed by atoms with Crippen LogP contribution in [-0.4, -0.2) is 43.3 Å². The summed E-state index contributed by atoms with van der Waals surface area (Å²) in [6.45, 7) is 3.72. The lowest BCUT2D eigenvalue weighted by atomic mass is 9.87. The second kappa shape index (κ2) is 9.27. The SMILES string of the molecule is CC(C(=O)NCCc1ccc(OCC(=O)O)cc1)C1CCOCC1. The van der Waals surface area contributed by atoms with E-state index in [-0.39, 0.29) is 18.4 Å². The van der Waals surface area contributed by atoms with Crippen LogP contribution in [0.25, 0.3) is 0 Å². The standard InChI is InChI=1S/C18H25NO5/c1-13(15-7-10-23-11-8-15)18(22)19-9-6-14-2-4-16(5-3-14)24-12-17(20)21/h2-5,13,15H,6-12H2,1H3,(H,19,22)(H,20,21). The van der Waals surface area contributed by atoms with Crippen molar-refractivity contribution in [2.24, 2.45) is 11.8 Å². The maximum atomic E-state index is 12.2. The van der Waals surface area contributed by atoms with E-state index in [2.05, 4.69) is 5.32 Å². The molecule has 1 aromatic carbocycles. The van der Waals surface area contributed by atoms with Gasteiger partial charge in [0, 0.05) is 25.7 Å². The van der Waals surface area contributed by atoms with Crippen LogP contribution in [0, 0.1) is 11.8 Å². The predicted octanol–water partition coefficient (Wildman–Crippen LogP) is 1.87. The van der Waals surface area contributed by atoms with Crippen LogP contribution in [0.15, 0.2) is 24.3 Å². The molecule has 6 heteroatoms. The molecule has 1 amide bonds. The zero-order chi connectivity index (χ0) is 17.4. The first-order valence-electron chi connectivity index (χ1n) is 8.35. The monoisotopic (exact) mass is 335 g/mol. The van der Waals surface area contributed by atoms with Crippen molar-refractivity contribution < 1.29 is 24.2 Å². The van der Waals surface area contributed by atoms with Crippen LogP contribution in [0.4, 0.5) is 0 Å². The van der Waals surface area contributed by atoms with Gasteiger partial charge in [-0.05, 0) is 42.9 Å². The van der Waals surface area contributed by atoms with E-state index in [1.165, 1.54) is 0 Å². The summed E-state index contributed by atoms with van der Waals surface area (Å²) in [6, 6.07) is 7.24. The Morgan fingerprint density at radius 3 is 2.58 bits per heavy atom. The van der Waals surface area contributed by atoms with Gasteiger partial charge in [0.2, 0.25) is 5.91 Å². The first-order valence-corrected chi connectivity index (χ1v) is 8.35. The first-order chi connectivity index (χ1) is 11.6. The summed E-state index contributed by atoms with van der Waals surface area (Å²) in [4.78, 5) is 22.6. The summed E-state index contributed by atoms with van der Waals surface area (Å²) in [5, 5.41) is 11.6. The minimum Gasteiger partial charge on any atom is -0.482 e. The maximum Gasteiger partial charge on any atom is 0.341 e. The average molecular weight is 335 g/mol. The number of carbonyl (C=O) groups excluding carboxylic acids is 1. The molecule has 0 saturated carbocycles. The first kappa shape index (κ1) is 18.3. The van der Waals surface area contributed by atoms with Crippen LogP contribution >= 0.6 is 0 Å². The summed E-state index contributed by atoms with van der Waals surface area (Å²) in [5.74, 6) is 0.0483. The minimum absolute atomic E-state index is 0.0145. The molecule has 0 aromatic heterocycles. The van der Waals surface area contributed by atoms with Crippen LogP contribution in [-0.2, 0) is 20.7 Å². The maximum absolute atomic E-state index is 12.2. The average Bonchev–Trinajstić information content (AvgIpc) is 2.61. The number of aliphatic carboxylic acids is 1. The summed E-state index contributed by atoms with van der Waals surface area (Å²) >= 11 is 0. The number of hydrogen-bond acceptors (Lipinski definition) is 4. The lowest BCUT2D eigenvalue weighted by molar-refractivity contribution is -0.139. The molecule has 1 aromatic rings. The zero-order valence-corrected chi connectivity index (χ0v) is 14.0. The number of benzene rings is 1. The number of amides is 1. The number of rotatable bonds is 8. The molecule has 0 spiro atoms. The van der Waals surface area contributed by atoms with E-state index in [1.807, 2.05) is 19.1 Å². The van der Waals surface area contributed by atoms with Crippen LogP contribution in [0.3, 0.4) is 0 Å². The lowest BCUT2D eigenvalue weighted by Crippen LogP contribution is -2.36. The lowest BCUT2D eigenvalue weighted by Gasteiger charge is -2.26. The summed E-state index contributed by atoms with van der Waals surface area (Å²) in [5.41, 5.74) is 1.07. The quantitative estimate of drug-likeness (QED) is 0.757. The highest BCUT2D eigenvalue weighted by molar-refractivity contribution is 5.78. The second-order valence-corrected chi connectivity index (χ2v) is 6.11. The number of nitrogens with one attached hydrogen (secondary N) is 1. The molecule has 1 heterocycles. The molecule has 132 valence electrons. The third kappa shape index (κ3) is 5.85. The Labute approximate surface area is 142 Å². The predicted molar refractivity (Wildman–Crippen MR) is 89.0 cm³/mol. The van der Waals surface area contributed by atoms with Gasteiger partial charge >= 0.3 is 5.97 Å². The van der Waals surface area contributed by atoms with Gasteiger partial charge in [-0.1, -0.05) is 19.1 Å². The van der Waals surface area contributed by atoms with E-state index in [4.69, 9.17) is 14.6 Å². The van der Waals surface area contributed by atoms with Crippen molar-refractivity contribution in [3.8, 4) is 5.75 Å². The van der Waals surface area contributed by atoms with E-state index < -0.39 is 5.97 Å². The van der Waals surface area contributed by atoms with E-state index in [1.54, 1.807) is 12.1 Å². The topological polar surface area (TPSA) is 84.9 Å². The smallest absolute Gasteiger partial charge is 0.341 e. The van der Waals surface area contributed by atoms with Gasteiger partial charge in [-0.25, -0.2) is 4.79 Å². The number of carboxylic acids is 1. The van der Waals surface area contributed by atoms with Gasteiger partial charge in [0.25, 0.3) is 0 Å². The molecule has 2 N–H and O–H groups in total. The van der Waals surface area contributed by atoms with Gasteiger partial charge in [0.05, 0.1) is 0 Å². The summed E-state index contributed by atoms with van der Waals surface area (Å²) < 4.78 is 10.4. The van der Waals surface area contributed by atoms with Gasteiger partial charge in [-0.15, -0.1) is 0 Å². The normalized spacial score (nSPS) is 16.4. The highest BCUT2D eigenvalue weighted by Crippen LogP contribution is 2.23.